The van der Waals surface area contributed by atoms with Crippen LogP contribution in [0.2, 0.25) is 0 Å². The van der Waals surface area contributed by atoms with Crippen LogP contribution < -0.4 is 9.47 Å². The highest BCUT2D eigenvalue weighted by Gasteiger charge is 2.55. The summed E-state index contributed by atoms with van der Waals surface area (Å²) >= 11 is 0. The van der Waals surface area contributed by atoms with Gasteiger partial charge in [0.15, 0.2) is 0 Å². The summed E-state index contributed by atoms with van der Waals surface area (Å²) in [6, 6.07) is 19.6. The molecule has 2 atom stereocenters. The molecule has 2 aliphatic rings. The van der Waals surface area contributed by atoms with Crippen LogP contribution in [-0.4, -0.2) is 56.8 Å². The second kappa shape index (κ2) is 11.7. The fourth-order valence-electron chi connectivity index (χ4n) is 1.90. The van der Waals surface area contributed by atoms with Crippen molar-refractivity contribution in [2.45, 2.75) is 24.6 Å². The number of rotatable bonds is 6. The van der Waals surface area contributed by atoms with Crippen LogP contribution in [0.15, 0.2) is 60.7 Å². The summed E-state index contributed by atoms with van der Waals surface area (Å²) in [6.45, 7) is 3.08. The van der Waals surface area contributed by atoms with Crippen LogP contribution >= 0.6 is 0 Å². The maximum Gasteiger partial charge on any atom is 0.459 e. The van der Waals surface area contributed by atoms with Crippen LogP contribution in [0.3, 0.4) is 0 Å². The van der Waals surface area contributed by atoms with Crippen molar-refractivity contribution in [2.75, 3.05) is 26.4 Å². The Morgan fingerprint density at radius 1 is 0.719 bits per heavy atom. The van der Waals surface area contributed by atoms with Gasteiger partial charge in [0.1, 0.15) is 36.9 Å². The third kappa shape index (κ3) is 11.0. The van der Waals surface area contributed by atoms with Gasteiger partial charge in [0, 0.05) is 0 Å². The SMILES string of the molecule is O=C(C(F)(F)F)C(F)(F)F.c1ccc(OCC2CO2)cc1.c1ccc(OCC2CO2)cc1. The number of para-hydroxylation sites is 2. The molecule has 32 heavy (non-hydrogen) atoms. The number of ketones is 1. The molecule has 2 saturated heterocycles. The van der Waals surface area contributed by atoms with Gasteiger partial charge in [-0.25, -0.2) is 0 Å². The summed E-state index contributed by atoms with van der Waals surface area (Å²) in [5, 5.41) is 0. The first-order chi connectivity index (χ1) is 15.1. The first-order valence-corrected chi connectivity index (χ1v) is 9.33. The number of hydrogen-bond donors (Lipinski definition) is 0. The fourth-order valence-corrected chi connectivity index (χ4v) is 1.90. The van der Waals surface area contributed by atoms with E-state index in [1.54, 1.807) is 0 Å². The summed E-state index contributed by atoms with van der Waals surface area (Å²) in [5.41, 5.74) is 0. The molecule has 0 saturated carbocycles. The lowest BCUT2D eigenvalue weighted by Crippen LogP contribution is -2.36. The highest BCUT2D eigenvalue weighted by atomic mass is 19.4. The molecule has 2 aliphatic heterocycles. The minimum absolute atomic E-state index is 0.343. The van der Waals surface area contributed by atoms with Gasteiger partial charge in [-0.1, -0.05) is 36.4 Å². The average Bonchev–Trinajstić information content (AvgIpc) is 3.67. The van der Waals surface area contributed by atoms with Crippen molar-refractivity contribution in [3.05, 3.63) is 60.7 Å². The Hall–Kier alpha value is -2.79. The lowest BCUT2D eigenvalue weighted by atomic mass is 10.3. The maximum absolute atomic E-state index is 10.9. The van der Waals surface area contributed by atoms with Crippen molar-refractivity contribution >= 4 is 5.78 Å². The zero-order valence-corrected chi connectivity index (χ0v) is 16.6. The van der Waals surface area contributed by atoms with Crippen LogP contribution in [0, 0.1) is 0 Å². The molecular formula is C21H20F6O5. The number of hydrogen-bond acceptors (Lipinski definition) is 5. The predicted molar refractivity (Wildman–Crippen MR) is 100 cm³/mol. The molecule has 2 fully saturated rings. The zero-order chi connectivity index (χ0) is 23.6. The van der Waals surface area contributed by atoms with E-state index >= 15 is 0 Å². The van der Waals surface area contributed by atoms with Crippen molar-refractivity contribution in [3.63, 3.8) is 0 Å². The number of ether oxygens (including phenoxy) is 4. The van der Waals surface area contributed by atoms with E-state index in [0.717, 1.165) is 24.7 Å². The lowest BCUT2D eigenvalue weighted by molar-refractivity contribution is -0.217. The van der Waals surface area contributed by atoms with Crippen molar-refractivity contribution in [3.8, 4) is 11.5 Å². The maximum atomic E-state index is 10.9. The van der Waals surface area contributed by atoms with E-state index in [0.29, 0.717) is 25.4 Å². The Labute approximate surface area is 179 Å². The molecular weight excluding hydrogens is 446 g/mol. The Kier molecular flexibility index (Phi) is 9.33. The summed E-state index contributed by atoms with van der Waals surface area (Å²) in [5.74, 6) is -1.84. The van der Waals surface area contributed by atoms with Gasteiger partial charge in [-0.2, -0.15) is 26.3 Å². The van der Waals surface area contributed by atoms with E-state index in [2.05, 4.69) is 0 Å². The predicted octanol–water partition coefficient (Wildman–Crippen LogP) is 4.61. The first kappa shape index (κ1) is 25.5. The van der Waals surface area contributed by atoms with Crippen molar-refractivity contribution in [1.29, 1.82) is 0 Å². The number of carbonyl (C=O) groups is 1. The summed E-state index contributed by atoms with van der Waals surface area (Å²) in [7, 11) is 0. The first-order valence-electron chi connectivity index (χ1n) is 9.33. The zero-order valence-electron chi connectivity index (χ0n) is 16.6. The normalized spacial score (nSPS) is 18.8. The smallest absolute Gasteiger partial charge is 0.459 e. The monoisotopic (exact) mass is 466 g/mol. The van der Waals surface area contributed by atoms with Crippen LogP contribution in [0.5, 0.6) is 11.5 Å². The molecule has 11 heteroatoms. The average molecular weight is 466 g/mol. The molecule has 2 aromatic rings. The van der Waals surface area contributed by atoms with E-state index in [1.807, 2.05) is 60.7 Å². The van der Waals surface area contributed by atoms with Gasteiger partial charge in [0.05, 0.1) is 13.2 Å². The molecule has 2 aromatic carbocycles. The lowest BCUT2D eigenvalue weighted by Gasteiger charge is -2.06. The van der Waals surface area contributed by atoms with Crippen LogP contribution in [0.25, 0.3) is 0 Å². The van der Waals surface area contributed by atoms with E-state index in [9.17, 15) is 31.1 Å². The van der Waals surface area contributed by atoms with Gasteiger partial charge in [0.25, 0.3) is 0 Å². The molecule has 0 N–H and O–H groups in total. The molecule has 176 valence electrons. The van der Waals surface area contributed by atoms with Crippen LogP contribution in [0.1, 0.15) is 0 Å². The van der Waals surface area contributed by atoms with Crippen LogP contribution in [-0.2, 0) is 14.3 Å². The molecule has 4 rings (SSSR count). The van der Waals surface area contributed by atoms with Crippen molar-refractivity contribution in [1.82, 2.24) is 0 Å². The number of alkyl halides is 6. The second-order valence-corrected chi connectivity index (χ2v) is 6.48. The Morgan fingerprint density at radius 2 is 1.03 bits per heavy atom. The van der Waals surface area contributed by atoms with Crippen molar-refractivity contribution in [2.24, 2.45) is 0 Å². The highest BCUT2D eigenvalue weighted by Crippen LogP contribution is 2.28. The van der Waals surface area contributed by atoms with E-state index in [4.69, 9.17) is 18.9 Å². The largest absolute Gasteiger partial charge is 0.491 e. The number of benzene rings is 2. The molecule has 0 aliphatic carbocycles. The topological polar surface area (TPSA) is 60.6 Å². The van der Waals surface area contributed by atoms with Crippen molar-refractivity contribution < 1.29 is 50.1 Å². The van der Waals surface area contributed by atoms with E-state index < -0.39 is 18.1 Å². The minimum atomic E-state index is -5.82. The Morgan fingerprint density at radius 3 is 1.25 bits per heavy atom. The fraction of sp³-hybridized carbons (Fsp3) is 0.381. The molecule has 2 heterocycles. The van der Waals surface area contributed by atoms with Gasteiger partial charge >= 0.3 is 18.1 Å². The number of Topliss-reactive ketones (excluding diaryl/α,β-unsaturated/α-hetero) is 1. The molecule has 0 radical (unpaired) electrons. The third-order valence-electron chi connectivity index (χ3n) is 3.68. The van der Waals surface area contributed by atoms with Crippen LogP contribution in [0.4, 0.5) is 26.3 Å². The summed E-state index contributed by atoms with van der Waals surface area (Å²) < 4.78 is 86.1. The summed E-state index contributed by atoms with van der Waals surface area (Å²) in [4.78, 5) is 9.24. The van der Waals surface area contributed by atoms with Gasteiger partial charge < -0.3 is 18.9 Å². The Balaban J connectivity index is 0.000000171. The molecule has 0 aromatic heterocycles. The molecule has 0 bridgehead atoms. The second-order valence-electron chi connectivity index (χ2n) is 6.48. The Bertz CT molecular complexity index is 735. The van der Waals surface area contributed by atoms with E-state index in [-0.39, 0.29) is 0 Å². The molecule has 0 spiro atoms. The highest BCUT2D eigenvalue weighted by molar-refractivity contribution is 5.89. The number of carbonyl (C=O) groups excluding carboxylic acids is 1. The summed E-state index contributed by atoms with van der Waals surface area (Å²) in [6.07, 6.45) is -11.0. The van der Waals surface area contributed by atoms with Gasteiger partial charge in [-0.05, 0) is 24.3 Å². The standard InChI is InChI=1S/2C9H10O2.C3F6O/c2*1-2-4-8(5-3-1)10-6-9-7-11-9;4-2(5,6)1(10)3(7,8)9/h2*1-5,9H,6-7H2;. The van der Waals surface area contributed by atoms with Gasteiger partial charge in [0.2, 0.25) is 0 Å². The third-order valence-corrected chi connectivity index (χ3v) is 3.68. The quantitative estimate of drug-likeness (QED) is 0.460. The number of epoxide rings is 2. The van der Waals surface area contributed by atoms with Gasteiger partial charge in [-0.15, -0.1) is 0 Å². The minimum Gasteiger partial charge on any atom is -0.491 e. The number of halogens is 6. The van der Waals surface area contributed by atoms with Gasteiger partial charge in [-0.3, -0.25) is 4.79 Å². The molecule has 5 nitrogen and oxygen atoms in total. The van der Waals surface area contributed by atoms with E-state index in [1.165, 1.54) is 0 Å². The molecule has 2 unspecified atom stereocenters. The molecule has 0 amide bonds.